The largest absolute Gasteiger partial charge is 0.352 e. The summed E-state index contributed by atoms with van der Waals surface area (Å²) in [5, 5.41) is 6.23. The number of amides is 1. The van der Waals surface area contributed by atoms with E-state index < -0.39 is 0 Å². The first kappa shape index (κ1) is 12.5. The monoisotopic (exact) mass is 253 g/mol. The lowest BCUT2D eigenvalue weighted by molar-refractivity contribution is -0.122. The van der Waals surface area contributed by atoms with Crippen LogP contribution >= 0.6 is 11.3 Å². The van der Waals surface area contributed by atoms with Crippen molar-refractivity contribution in [2.45, 2.75) is 38.8 Å². The molecule has 0 bridgehead atoms. The van der Waals surface area contributed by atoms with Crippen molar-refractivity contribution in [2.24, 2.45) is 0 Å². The SMILES string of the molecule is CCc1nc(CN(C)CC(=O)NC2CC2)cs1. The van der Waals surface area contributed by atoms with Crippen LogP contribution in [0, 0.1) is 0 Å². The van der Waals surface area contributed by atoms with Crippen LogP contribution in [0.3, 0.4) is 0 Å². The van der Waals surface area contributed by atoms with Gasteiger partial charge in [0.15, 0.2) is 0 Å². The first-order chi connectivity index (χ1) is 8.17. The van der Waals surface area contributed by atoms with Crippen molar-refractivity contribution in [2.75, 3.05) is 13.6 Å². The van der Waals surface area contributed by atoms with E-state index in [0.29, 0.717) is 12.6 Å². The van der Waals surface area contributed by atoms with Crippen LogP contribution < -0.4 is 5.32 Å². The molecule has 0 aliphatic heterocycles. The highest BCUT2D eigenvalue weighted by atomic mass is 32.1. The number of nitrogens with zero attached hydrogens (tertiary/aromatic N) is 2. The number of nitrogens with one attached hydrogen (secondary N) is 1. The third kappa shape index (κ3) is 4.09. The summed E-state index contributed by atoms with van der Waals surface area (Å²) in [6.45, 7) is 3.31. The van der Waals surface area contributed by atoms with E-state index in [1.165, 1.54) is 0 Å². The average Bonchev–Trinajstić information content (AvgIpc) is 2.95. The highest BCUT2D eigenvalue weighted by Crippen LogP contribution is 2.18. The van der Waals surface area contributed by atoms with Gasteiger partial charge in [-0.15, -0.1) is 11.3 Å². The van der Waals surface area contributed by atoms with Crippen molar-refractivity contribution in [3.05, 3.63) is 16.1 Å². The van der Waals surface area contributed by atoms with E-state index >= 15 is 0 Å². The van der Waals surface area contributed by atoms with Crippen LogP contribution in [0.15, 0.2) is 5.38 Å². The zero-order valence-corrected chi connectivity index (χ0v) is 11.2. The minimum atomic E-state index is 0.126. The van der Waals surface area contributed by atoms with Gasteiger partial charge < -0.3 is 5.32 Å². The molecule has 0 spiro atoms. The van der Waals surface area contributed by atoms with Crippen LogP contribution in [0.1, 0.15) is 30.5 Å². The Kier molecular flexibility index (Phi) is 4.12. The number of thiazole rings is 1. The number of likely N-dealkylation sites (N-methyl/N-ethyl adjacent to an activating group) is 1. The first-order valence-corrected chi connectivity index (χ1v) is 6.96. The molecular weight excluding hydrogens is 234 g/mol. The zero-order chi connectivity index (χ0) is 12.3. The molecule has 1 amide bonds. The molecule has 1 fully saturated rings. The second kappa shape index (κ2) is 5.60. The van der Waals surface area contributed by atoms with Gasteiger partial charge in [0, 0.05) is 18.0 Å². The summed E-state index contributed by atoms with van der Waals surface area (Å²) in [5.74, 6) is 0.126. The van der Waals surface area contributed by atoms with E-state index in [0.717, 1.165) is 36.5 Å². The van der Waals surface area contributed by atoms with Crippen molar-refractivity contribution < 1.29 is 4.79 Å². The minimum Gasteiger partial charge on any atom is -0.352 e. The van der Waals surface area contributed by atoms with Gasteiger partial charge in [0.2, 0.25) is 5.91 Å². The summed E-state index contributed by atoms with van der Waals surface area (Å²) >= 11 is 1.69. The molecule has 1 heterocycles. The number of rotatable bonds is 6. The van der Waals surface area contributed by atoms with Crippen molar-refractivity contribution in [3.8, 4) is 0 Å². The molecular formula is C12H19N3OS. The molecule has 0 aromatic carbocycles. The molecule has 2 rings (SSSR count). The summed E-state index contributed by atoms with van der Waals surface area (Å²) in [6, 6.07) is 0.446. The van der Waals surface area contributed by atoms with Gasteiger partial charge >= 0.3 is 0 Å². The van der Waals surface area contributed by atoms with E-state index in [9.17, 15) is 4.79 Å². The van der Waals surface area contributed by atoms with Gasteiger partial charge in [0.1, 0.15) is 0 Å². The Labute approximate surface area is 106 Å². The third-order valence-corrected chi connectivity index (χ3v) is 3.73. The van der Waals surface area contributed by atoms with Gasteiger partial charge in [-0.2, -0.15) is 0 Å². The summed E-state index contributed by atoms with van der Waals surface area (Å²) in [4.78, 5) is 18.1. The number of hydrogen-bond donors (Lipinski definition) is 1. The number of hydrogen-bond acceptors (Lipinski definition) is 4. The summed E-state index contributed by atoms with van der Waals surface area (Å²) in [5.41, 5.74) is 1.06. The Morgan fingerprint density at radius 1 is 1.65 bits per heavy atom. The Bertz CT molecular complexity index is 387. The van der Waals surface area contributed by atoms with E-state index in [2.05, 4.69) is 22.6 Å². The van der Waals surface area contributed by atoms with E-state index in [4.69, 9.17) is 0 Å². The maximum Gasteiger partial charge on any atom is 0.234 e. The zero-order valence-electron chi connectivity index (χ0n) is 10.4. The lowest BCUT2D eigenvalue weighted by Gasteiger charge is -2.14. The van der Waals surface area contributed by atoms with Gasteiger partial charge in [0.05, 0.1) is 17.2 Å². The number of carbonyl (C=O) groups is 1. The second-order valence-corrected chi connectivity index (χ2v) is 5.54. The van der Waals surface area contributed by atoms with Crippen LogP contribution in [0.4, 0.5) is 0 Å². The summed E-state index contributed by atoms with van der Waals surface area (Å²) < 4.78 is 0. The highest BCUT2D eigenvalue weighted by Gasteiger charge is 2.23. The summed E-state index contributed by atoms with van der Waals surface area (Å²) in [7, 11) is 1.96. The van der Waals surface area contributed by atoms with Crippen LogP contribution in [-0.4, -0.2) is 35.4 Å². The van der Waals surface area contributed by atoms with Crippen LogP contribution in [0.25, 0.3) is 0 Å². The number of aryl methyl sites for hydroxylation is 1. The van der Waals surface area contributed by atoms with Crippen molar-refractivity contribution >= 4 is 17.2 Å². The van der Waals surface area contributed by atoms with Gasteiger partial charge in [-0.05, 0) is 26.3 Å². The van der Waals surface area contributed by atoms with Crippen molar-refractivity contribution in [1.29, 1.82) is 0 Å². The van der Waals surface area contributed by atoms with Gasteiger partial charge in [-0.1, -0.05) is 6.92 Å². The lowest BCUT2D eigenvalue weighted by atomic mass is 10.4. The quantitative estimate of drug-likeness (QED) is 0.834. The molecule has 1 aliphatic rings. The van der Waals surface area contributed by atoms with Crippen LogP contribution in [-0.2, 0) is 17.8 Å². The average molecular weight is 253 g/mol. The normalized spacial score (nSPS) is 15.2. The Hall–Kier alpha value is -0.940. The molecule has 1 aliphatic carbocycles. The molecule has 1 N–H and O–H groups in total. The molecule has 17 heavy (non-hydrogen) atoms. The van der Waals surface area contributed by atoms with Crippen molar-refractivity contribution in [3.63, 3.8) is 0 Å². The molecule has 94 valence electrons. The molecule has 0 saturated heterocycles. The molecule has 4 nitrogen and oxygen atoms in total. The fourth-order valence-electron chi connectivity index (χ4n) is 1.66. The molecule has 0 atom stereocenters. The van der Waals surface area contributed by atoms with E-state index in [-0.39, 0.29) is 5.91 Å². The first-order valence-electron chi connectivity index (χ1n) is 6.08. The predicted molar refractivity (Wildman–Crippen MR) is 69.0 cm³/mol. The lowest BCUT2D eigenvalue weighted by Crippen LogP contribution is -2.35. The highest BCUT2D eigenvalue weighted by molar-refractivity contribution is 7.09. The smallest absolute Gasteiger partial charge is 0.234 e. The maximum absolute atomic E-state index is 11.6. The molecule has 1 aromatic heterocycles. The Balaban J connectivity index is 1.75. The third-order valence-electron chi connectivity index (χ3n) is 2.69. The minimum absolute atomic E-state index is 0.126. The fourth-order valence-corrected chi connectivity index (χ4v) is 2.40. The van der Waals surface area contributed by atoms with Gasteiger partial charge in [0.25, 0.3) is 0 Å². The molecule has 1 aromatic rings. The maximum atomic E-state index is 11.6. The predicted octanol–water partition coefficient (Wildman–Crippen LogP) is 1.42. The number of aromatic nitrogens is 1. The Morgan fingerprint density at radius 3 is 3.00 bits per heavy atom. The molecule has 0 unspecified atom stereocenters. The fraction of sp³-hybridized carbons (Fsp3) is 0.667. The number of carbonyl (C=O) groups excluding carboxylic acids is 1. The molecule has 1 saturated carbocycles. The Morgan fingerprint density at radius 2 is 2.41 bits per heavy atom. The van der Waals surface area contributed by atoms with E-state index in [1.807, 2.05) is 11.9 Å². The topological polar surface area (TPSA) is 45.2 Å². The molecule has 5 heteroatoms. The van der Waals surface area contributed by atoms with E-state index in [1.54, 1.807) is 11.3 Å². The van der Waals surface area contributed by atoms with Crippen LogP contribution in [0.2, 0.25) is 0 Å². The second-order valence-electron chi connectivity index (χ2n) is 4.60. The van der Waals surface area contributed by atoms with Crippen molar-refractivity contribution in [1.82, 2.24) is 15.2 Å². The van der Waals surface area contributed by atoms with Gasteiger partial charge in [-0.25, -0.2) is 4.98 Å². The van der Waals surface area contributed by atoms with Crippen LogP contribution in [0.5, 0.6) is 0 Å². The summed E-state index contributed by atoms with van der Waals surface area (Å²) in [6.07, 6.45) is 3.26. The standard InChI is InChI=1S/C12H19N3OS/c1-3-12-14-10(8-17-12)6-15(2)7-11(16)13-9-4-5-9/h8-9H,3-7H2,1-2H3,(H,13,16). The van der Waals surface area contributed by atoms with Gasteiger partial charge in [-0.3, -0.25) is 9.69 Å². The molecule has 0 radical (unpaired) electrons.